The van der Waals surface area contributed by atoms with Gasteiger partial charge in [-0.2, -0.15) is 0 Å². The number of nitrogens with zero attached hydrogens (tertiary/aromatic N) is 3. The Hall–Kier alpha value is -12.0. The molecule has 1 spiro atoms. The van der Waals surface area contributed by atoms with Crippen molar-refractivity contribution in [2.75, 3.05) is 66.2 Å². The first-order valence-corrected chi connectivity index (χ1v) is 34.0. The van der Waals surface area contributed by atoms with E-state index < -0.39 is 89.6 Å². The van der Waals surface area contributed by atoms with E-state index in [0.29, 0.717) is 82.2 Å². The molecule has 0 fully saturated rings. The lowest BCUT2D eigenvalue weighted by Gasteiger charge is -2.45. The zero-order valence-corrected chi connectivity index (χ0v) is 58.2. The van der Waals surface area contributed by atoms with Crippen molar-refractivity contribution in [2.24, 2.45) is 5.73 Å². The Morgan fingerprint density at radius 3 is 1.65 bits per heavy atom. The highest BCUT2D eigenvalue weighted by Crippen LogP contribution is 2.50. The number of nitrogens with two attached hydrogens (primary N) is 1. The number of carboxylic acids is 4. The summed E-state index contributed by atoms with van der Waals surface area (Å²) in [7, 11) is 0. The standard InChI is InChI=1S/C70H83N17O18/c1-6-39-45-30-74-64(98)79-50-16-13-37(60(91)92)26-53(50)78-63(97)70-48-15-12-36(59(89)90)25-52(48)81-68(102)83-69(5)28-42-56(69)43(33-77-70)35(4)44(57(42)105-24-23-104-22-21-103-20-19-87-34-55(85-86-87)58(88)72-18-10-9-11-49(71)62(95)96)29-73-66(100)82-54-27-38(61(93)94)14-17-51(54)80-65(99)75-31-46(39)41(8-3)47(40(45)7-2)32-76-67(101)84-70/h12-17,25-27,34,49,77H,6-11,18-24,28-33,71H2,1-5H3,(H,72,88)(H,78,97)(H,89,90)(H,91,92)(H,93,94)(H,95,96)(H2,73,82,100)(H2,74,79,98)(H2,75,80,99)(H2,76,84,101)(H2,81,83,102)/t49-,69?,70?/m0/s1. The number of urea groups is 5. The average Bonchev–Trinajstić information content (AvgIpc) is 1.37. The first-order valence-electron chi connectivity index (χ1n) is 34.0. The molecule has 1 aliphatic carbocycles. The number of carboxylic acid groups (broad SMARTS) is 4. The molecule has 4 heterocycles. The fourth-order valence-corrected chi connectivity index (χ4v) is 13.6. The molecular weight excluding hydrogens is 1370 g/mol. The third-order valence-electron chi connectivity index (χ3n) is 18.7. The van der Waals surface area contributed by atoms with Crippen LogP contribution in [0.1, 0.15) is 155 Å². The van der Waals surface area contributed by atoms with Gasteiger partial charge in [-0.3, -0.25) is 19.7 Å². The van der Waals surface area contributed by atoms with E-state index in [4.69, 9.17) is 25.1 Å². The summed E-state index contributed by atoms with van der Waals surface area (Å²) in [5.41, 5.74) is 5.76. The first-order chi connectivity index (χ1) is 50.3. The number of rotatable bonds is 23. The Bertz CT molecular complexity index is 4470. The second-order valence-electron chi connectivity index (χ2n) is 25.4. The summed E-state index contributed by atoms with van der Waals surface area (Å²) in [6, 6.07) is 5.39. The Morgan fingerprint density at radius 1 is 0.581 bits per heavy atom. The molecule has 19 N–H and O–H groups in total. The normalized spacial score (nSPS) is 17.5. The number of carbonyl (C=O) groups is 11. The van der Waals surface area contributed by atoms with Crippen LogP contribution in [-0.2, 0) is 95.2 Å². The predicted molar refractivity (Wildman–Crippen MR) is 378 cm³/mol. The Balaban J connectivity index is 1.04. The van der Waals surface area contributed by atoms with Crippen molar-refractivity contribution < 1.29 is 87.4 Å². The number of amides is 12. The van der Waals surface area contributed by atoms with Crippen LogP contribution in [0.4, 0.5) is 52.4 Å². The van der Waals surface area contributed by atoms with E-state index in [-0.39, 0.29) is 147 Å². The summed E-state index contributed by atoms with van der Waals surface area (Å²) in [4.78, 5) is 151. The van der Waals surface area contributed by atoms with Gasteiger partial charge in [0.1, 0.15) is 18.4 Å². The molecule has 10 rings (SSSR count). The van der Waals surface area contributed by atoms with Crippen LogP contribution < -0.4 is 79.6 Å². The van der Waals surface area contributed by atoms with Crippen LogP contribution in [0.25, 0.3) is 0 Å². The van der Waals surface area contributed by atoms with Crippen LogP contribution in [0.5, 0.6) is 5.75 Å². The lowest BCUT2D eigenvalue weighted by Crippen LogP contribution is -2.64. The predicted octanol–water partition coefficient (Wildman–Crippen LogP) is 5.37. The van der Waals surface area contributed by atoms with Gasteiger partial charge in [0.2, 0.25) is 5.66 Å². The minimum atomic E-state index is -2.67. The van der Waals surface area contributed by atoms with Crippen molar-refractivity contribution in [3.63, 3.8) is 0 Å². The monoisotopic (exact) mass is 1450 g/mol. The number of aliphatic carboxylic acids is 1. The summed E-state index contributed by atoms with van der Waals surface area (Å²) >= 11 is 0. The first kappa shape index (κ1) is 75.7. The largest absolute Gasteiger partial charge is 0.491 e. The molecule has 35 nitrogen and oxygen atoms in total. The molecule has 0 saturated heterocycles. The maximum Gasteiger partial charge on any atom is 0.335 e. The second kappa shape index (κ2) is 33.0. The van der Waals surface area contributed by atoms with Gasteiger partial charge in [0.05, 0.1) is 89.8 Å². The zero-order chi connectivity index (χ0) is 75.4. The van der Waals surface area contributed by atoms with Gasteiger partial charge in [0.15, 0.2) is 5.69 Å². The third kappa shape index (κ3) is 17.1. The topological polar surface area (TPSA) is 509 Å². The Morgan fingerprint density at radius 2 is 1.09 bits per heavy atom. The van der Waals surface area contributed by atoms with Crippen molar-refractivity contribution in [3.8, 4) is 5.75 Å². The van der Waals surface area contributed by atoms with Gasteiger partial charge < -0.3 is 104 Å². The van der Waals surface area contributed by atoms with Crippen LogP contribution in [0.15, 0.2) is 60.8 Å². The molecule has 2 unspecified atom stereocenters. The van der Waals surface area contributed by atoms with Gasteiger partial charge >= 0.3 is 54.0 Å². The number of fused-ring (bicyclic) bond motifs is 10. The van der Waals surface area contributed by atoms with Crippen molar-refractivity contribution in [1.82, 2.24) is 57.5 Å². The summed E-state index contributed by atoms with van der Waals surface area (Å²) in [6.07, 6.45) is 3.84. The van der Waals surface area contributed by atoms with Crippen LogP contribution in [0, 0.1) is 6.92 Å². The van der Waals surface area contributed by atoms with E-state index >= 15 is 9.59 Å². The lowest BCUT2D eigenvalue weighted by atomic mass is 9.67. The number of ether oxygens (including phenoxy) is 3. The van der Waals surface area contributed by atoms with Gasteiger partial charge in [-0.15, -0.1) is 5.10 Å². The summed E-state index contributed by atoms with van der Waals surface area (Å²) in [6.45, 7) is 8.58. The zero-order valence-electron chi connectivity index (χ0n) is 58.2. The smallest absolute Gasteiger partial charge is 0.335 e. The van der Waals surface area contributed by atoms with Crippen LogP contribution in [-0.4, -0.2) is 147 Å². The van der Waals surface area contributed by atoms with Gasteiger partial charge in [-0.05, 0) is 151 Å². The van der Waals surface area contributed by atoms with Crippen LogP contribution in [0.3, 0.4) is 0 Å². The van der Waals surface area contributed by atoms with Crippen molar-refractivity contribution in [3.05, 3.63) is 150 Å². The van der Waals surface area contributed by atoms with E-state index in [1.165, 1.54) is 47.3 Å². The molecular formula is C70H83N17O18. The Kier molecular flexibility index (Phi) is 23.8. The molecule has 6 bridgehead atoms. The highest BCUT2D eigenvalue weighted by atomic mass is 16.5. The van der Waals surface area contributed by atoms with Gasteiger partial charge in [-0.25, -0.2) is 43.0 Å². The molecule has 1 aromatic heterocycles. The number of nitrogens with one attached hydrogen (secondary N) is 13. The molecule has 3 atom stereocenters. The van der Waals surface area contributed by atoms with Crippen molar-refractivity contribution >= 4 is 94.3 Å². The second-order valence-corrected chi connectivity index (χ2v) is 25.4. The van der Waals surface area contributed by atoms with Gasteiger partial charge in [0, 0.05) is 62.4 Å². The number of benzene rings is 5. The maximum atomic E-state index is 16.3. The molecule has 6 aromatic rings. The number of aromatic carboxylic acids is 3. The third-order valence-corrected chi connectivity index (χ3v) is 18.7. The van der Waals surface area contributed by atoms with Crippen molar-refractivity contribution in [2.45, 2.75) is 136 Å². The molecule has 556 valence electrons. The molecule has 4 aliphatic rings. The molecule has 35 heteroatoms. The number of unbranched alkanes of at least 4 members (excludes halogenated alkanes) is 1. The molecule has 0 saturated carbocycles. The summed E-state index contributed by atoms with van der Waals surface area (Å²) < 4.78 is 19.8. The van der Waals surface area contributed by atoms with E-state index in [9.17, 15) is 58.5 Å². The molecule has 3 aliphatic heterocycles. The maximum absolute atomic E-state index is 16.3. The number of hydrogen-bond donors (Lipinski definition) is 18. The van der Waals surface area contributed by atoms with E-state index in [0.717, 1.165) is 29.3 Å². The Labute approximate surface area is 600 Å². The van der Waals surface area contributed by atoms with E-state index in [1.54, 1.807) is 13.8 Å². The molecule has 12 amide bonds. The van der Waals surface area contributed by atoms with E-state index in [2.05, 4.69) is 79.4 Å². The SMILES string of the molecule is CCc1c2c(CC)c3c(CC)c1CNC(=O)Nc1ccc(C(=O)O)cc1NC(=O)C1(NCc4c(C)c(c(OCCOCCOCCn5cc(C(=O)NCCCC[C@H](N)C(=O)O)nn5)c5c4C(C)(C5)NC(=O)Nc4cc(C(=O)O)ccc41)CNC(=O)Nc1cc(C(=O)O)ccc1NC(=O)NC2)NC(=O)NC3. The van der Waals surface area contributed by atoms with Crippen LogP contribution >= 0.6 is 0 Å². The fourth-order valence-electron chi connectivity index (χ4n) is 13.6. The van der Waals surface area contributed by atoms with E-state index in [1.807, 2.05) is 20.8 Å². The quantitative estimate of drug-likeness (QED) is 0.0358. The average molecular weight is 1450 g/mol. The summed E-state index contributed by atoms with van der Waals surface area (Å²) in [5.74, 6) is -6.68. The van der Waals surface area contributed by atoms with Gasteiger partial charge in [0.25, 0.3) is 11.8 Å². The number of carbonyl (C=O) groups excluding carboxylic acids is 7. The summed E-state index contributed by atoms with van der Waals surface area (Å²) in [5, 5.41) is 85.2. The van der Waals surface area contributed by atoms with Crippen LogP contribution in [0.2, 0.25) is 0 Å². The highest BCUT2D eigenvalue weighted by molar-refractivity contribution is 6.08. The lowest BCUT2D eigenvalue weighted by molar-refractivity contribution is -0.138. The van der Waals surface area contributed by atoms with Gasteiger partial charge in [-0.1, -0.05) is 32.1 Å². The number of hydrogen-bond acceptors (Lipinski definition) is 18. The molecule has 5 aromatic carbocycles. The number of aromatic nitrogens is 3. The number of anilines is 5. The molecule has 105 heavy (non-hydrogen) atoms. The minimum absolute atomic E-state index is 0.00334. The minimum Gasteiger partial charge on any atom is -0.491 e. The molecule has 0 radical (unpaired) electrons. The fraction of sp³-hybridized carbons (Fsp3) is 0.386. The van der Waals surface area contributed by atoms with Crippen molar-refractivity contribution in [1.29, 1.82) is 0 Å². The highest BCUT2D eigenvalue weighted by Gasteiger charge is 2.50.